The highest BCUT2D eigenvalue weighted by molar-refractivity contribution is 6.05. The van der Waals surface area contributed by atoms with Crippen LogP contribution in [0.5, 0.6) is 0 Å². The number of furan rings is 1. The van der Waals surface area contributed by atoms with E-state index in [1.54, 1.807) is 37.3 Å². The Bertz CT molecular complexity index is 1100. The molecule has 0 aliphatic rings. The number of amides is 3. The second kappa shape index (κ2) is 8.83. The summed E-state index contributed by atoms with van der Waals surface area (Å²) in [6.45, 7) is 2.10. The summed E-state index contributed by atoms with van der Waals surface area (Å²) < 4.78 is 6.13. The van der Waals surface area contributed by atoms with E-state index in [-0.39, 0.29) is 30.0 Å². The molecule has 0 unspecified atom stereocenters. The molecule has 0 saturated carbocycles. The van der Waals surface area contributed by atoms with Crippen LogP contribution in [0.3, 0.4) is 0 Å². The van der Waals surface area contributed by atoms with Crippen LogP contribution >= 0.6 is 0 Å². The number of carbonyl (C=O) groups is 3. The summed E-state index contributed by atoms with van der Waals surface area (Å²) in [5, 5.41) is 7.36. The van der Waals surface area contributed by atoms with E-state index in [2.05, 4.69) is 21.3 Å². The normalized spacial score (nSPS) is 10.5. The minimum Gasteiger partial charge on any atom is -0.459 e. The van der Waals surface area contributed by atoms with Crippen LogP contribution in [-0.4, -0.2) is 34.0 Å². The molecule has 1 aromatic carbocycles. The SMILES string of the molecule is CCn1nc(C(=O)NNC(=O)CCNC(=O)c2ccco2)c2ccccc2c1=O. The second-order valence-corrected chi connectivity index (χ2v) is 6.00. The van der Waals surface area contributed by atoms with Crippen molar-refractivity contribution in [1.29, 1.82) is 0 Å². The third-order valence-electron chi connectivity index (χ3n) is 4.08. The van der Waals surface area contributed by atoms with Gasteiger partial charge in [-0.3, -0.25) is 30.0 Å². The van der Waals surface area contributed by atoms with E-state index in [0.29, 0.717) is 17.3 Å². The quantitative estimate of drug-likeness (QED) is 0.521. The van der Waals surface area contributed by atoms with Crippen LogP contribution < -0.4 is 21.7 Å². The lowest BCUT2D eigenvalue weighted by Gasteiger charge is -2.11. The van der Waals surface area contributed by atoms with Gasteiger partial charge in [0, 0.05) is 24.9 Å². The molecule has 3 N–H and O–H groups in total. The molecule has 3 aromatic rings. The molecule has 0 spiro atoms. The molecule has 0 aliphatic heterocycles. The van der Waals surface area contributed by atoms with Crippen LogP contribution in [0, 0.1) is 0 Å². The Kier molecular flexibility index (Phi) is 6.03. The van der Waals surface area contributed by atoms with E-state index in [1.807, 2.05) is 0 Å². The van der Waals surface area contributed by atoms with Crippen molar-refractivity contribution in [3.05, 3.63) is 64.5 Å². The lowest BCUT2D eigenvalue weighted by Crippen LogP contribution is -2.43. The van der Waals surface area contributed by atoms with E-state index in [4.69, 9.17) is 4.42 Å². The number of hydrogen-bond acceptors (Lipinski definition) is 6. The van der Waals surface area contributed by atoms with Crippen molar-refractivity contribution in [3.63, 3.8) is 0 Å². The maximum Gasteiger partial charge on any atom is 0.290 e. The zero-order valence-electron chi connectivity index (χ0n) is 15.6. The monoisotopic (exact) mass is 397 g/mol. The van der Waals surface area contributed by atoms with Gasteiger partial charge < -0.3 is 9.73 Å². The Hall–Kier alpha value is -3.95. The van der Waals surface area contributed by atoms with E-state index < -0.39 is 17.7 Å². The van der Waals surface area contributed by atoms with Crippen molar-refractivity contribution in [2.24, 2.45) is 0 Å². The predicted octanol–water partition coefficient (Wildman–Crippen LogP) is 0.590. The fourth-order valence-electron chi connectivity index (χ4n) is 2.65. The Morgan fingerprint density at radius 1 is 1.03 bits per heavy atom. The van der Waals surface area contributed by atoms with E-state index >= 15 is 0 Å². The summed E-state index contributed by atoms with van der Waals surface area (Å²) in [5.74, 6) is -1.46. The van der Waals surface area contributed by atoms with Crippen LogP contribution in [0.1, 0.15) is 34.4 Å². The van der Waals surface area contributed by atoms with Crippen molar-refractivity contribution >= 4 is 28.5 Å². The largest absolute Gasteiger partial charge is 0.459 e. The molecule has 2 heterocycles. The number of hydrazine groups is 1. The first-order valence-corrected chi connectivity index (χ1v) is 8.92. The third kappa shape index (κ3) is 4.49. The van der Waals surface area contributed by atoms with Crippen LogP contribution in [0.2, 0.25) is 0 Å². The standard InChI is InChI=1S/C19H19N5O5/c1-2-24-19(28)13-7-4-3-6-12(13)16(23-24)18(27)22-21-15(25)9-10-20-17(26)14-8-5-11-29-14/h3-8,11H,2,9-10H2,1H3,(H,20,26)(H,21,25)(H,22,27). The lowest BCUT2D eigenvalue weighted by molar-refractivity contribution is -0.121. The van der Waals surface area contributed by atoms with Crippen molar-refractivity contribution in [2.75, 3.05) is 6.54 Å². The number of aromatic nitrogens is 2. The van der Waals surface area contributed by atoms with Gasteiger partial charge in [-0.25, -0.2) is 4.68 Å². The molecule has 0 radical (unpaired) electrons. The van der Waals surface area contributed by atoms with Gasteiger partial charge in [0.15, 0.2) is 11.5 Å². The molecule has 0 saturated heterocycles. The first-order valence-electron chi connectivity index (χ1n) is 8.92. The Balaban J connectivity index is 1.59. The molecular weight excluding hydrogens is 378 g/mol. The van der Waals surface area contributed by atoms with Gasteiger partial charge in [-0.1, -0.05) is 18.2 Å². The van der Waals surface area contributed by atoms with Crippen molar-refractivity contribution in [2.45, 2.75) is 19.9 Å². The highest BCUT2D eigenvalue weighted by atomic mass is 16.3. The zero-order valence-corrected chi connectivity index (χ0v) is 15.6. The molecule has 150 valence electrons. The van der Waals surface area contributed by atoms with Gasteiger partial charge in [0.05, 0.1) is 11.6 Å². The second-order valence-electron chi connectivity index (χ2n) is 6.00. The highest BCUT2D eigenvalue weighted by Gasteiger charge is 2.17. The number of aryl methyl sites for hydroxylation is 1. The maximum atomic E-state index is 12.5. The van der Waals surface area contributed by atoms with Crippen LogP contribution in [0.15, 0.2) is 51.9 Å². The van der Waals surface area contributed by atoms with Gasteiger partial charge in [0.2, 0.25) is 5.91 Å². The van der Waals surface area contributed by atoms with Gasteiger partial charge in [0.1, 0.15) is 0 Å². The molecule has 29 heavy (non-hydrogen) atoms. The summed E-state index contributed by atoms with van der Waals surface area (Å²) >= 11 is 0. The smallest absolute Gasteiger partial charge is 0.290 e. The fraction of sp³-hybridized carbons (Fsp3) is 0.211. The number of nitrogens with zero attached hydrogens (tertiary/aromatic N) is 2. The van der Waals surface area contributed by atoms with Gasteiger partial charge in [0.25, 0.3) is 17.4 Å². The molecule has 0 fully saturated rings. The minimum absolute atomic E-state index is 0.0217. The first-order chi connectivity index (χ1) is 14.0. The Morgan fingerprint density at radius 3 is 2.48 bits per heavy atom. The average molecular weight is 397 g/mol. The van der Waals surface area contributed by atoms with Crippen LogP contribution in [-0.2, 0) is 11.3 Å². The number of hydrogen-bond donors (Lipinski definition) is 3. The van der Waals surface area contributed by atoms with Crippen molar-refractivity contribution < 1.29 is 18.8 Å². The molecule has 0 aliphatic carbocycles. The zero-order chi connectivity index (χ0) is 20.8. The third-order valence-corrected chi connectivity index (χ3v) is 4.08. The molecule has 2 aromatic heterocycles. The lowest BCUT2D eigenvalue weighted by atomic mass is 10.1. The number of benzene rings is 1. The summed E-state index contributed by atoms with van der Waals surface area (Å²) in [4.78, 5) is 48.4. The Labute approximate surface area is 164 Å². The molecular formula is C19H19N5O5. The first kappa shape index (κ1) is 19.8. The predicted molar refractivity (Wildman–Crippen MR) is 103 cm³/mol. The van der Waals surface area contributed by atoms with Gasteiger partial charge in [-0.15, -0.1) is 0 Å². The molecule has 3 rings (SSSR count). The molecule has 10 heteroatoms. The highest BCUT2D eigenvalue weighted by Crippen LogP contribution is 2.12. The number of fused-ring (bicyclic) bond motifs is 1. The fourth-order valence-corrected chi connectivity index (χ4v) is 2.65. The molecule has 0 atom stereocenters. The van der Waals surface area contributed by atoms with Crippen molar-refractivity contribution in [1.82, 2.24) is 25.9 Å². The molecule has 0 bridgehead atoms. The number of rotatable bonds is 6. The molecule has 10 nitrogen and oxygen atoms in total. The minimum atomic E-state index is -0.656. The summed E-state index contributed by atoms with van der Waals surface area (Å²) in [6, 6.07) is 9.70. The summed E-state index contributed by atoms with van der Waals surface area (Å²) in [5.41, 5.74) is 4.27. The number of carbonyl (C=O) groups excluding carboxylic acids is 3. The van der Waals surface area contributed by atoms with Crippen molar-refractivity contribution in [3.8, 4) is 0 Å². The summed E-state index contributed by atoms with van der Waals surface area (Å²) in [6.07, 6.45) is 1.31. The van der Waals surface area contributed by atoms with Crippen LogP contribution in [0.4, 0.5) is 0 Å². The topological polar surface area (TPSA) is 135 Å². The maximum absolute atomic E-state index is 12.5. The van der Waals surface area contributed by atoms with Gasteiger partial charge in [-0.2, -0.15) is 5.10 Å². The molecule has 3 amide bonds. The van der Waals surface area contributed by atoms with Gasteiger partial charge >= 0.3 is 0 Å². The summed E-state index contributed by atoms with van der Waals surface area (Å²) in [7, 11) is 0. The number of nitrogens with one attached hydrogen (secondary N) is 3. The van der Waals surface area contributed by atoms with E-state index in [1.165, 1.54) is 17.0 Å². The Morgan fingerprint density at radius 2 is 1.79 bits per heavy atom. The van der Waals surface area contributed by atoms with E-state index in [0.717, 1.165) is 0 Å². The van der Waals surface area contributed by atoms with E-state index in [9.17, 15) is 19.2 Å². The van der Waals surface area contributed by atoms with Gasteiger partial charge in [-0.05, 0) is 25.1 Å². The van der Waals surface area contributed by atoms with Crippen LogP contribution in [0.25, 0.3) is 10.8 Å². The average Bonchev–Trinajstić information content (AvgIpc) is 3.27.